The Morgan fingerprint density at radius 3 is 2.42 bits per heavy atom. The Bertz CT molecular complexity index is 920. The summed E-state index contributed by atoms with van der Waals surface area (Å²) in [5, 5.41) is 9.34. The van der Waals surface area contributed by atoms with Gasteiger partial charge in [-0.2, -0.15) is 0 Å². The number of hydrogen-bond donors (Lipinski definition) is 2. The third kappa shape index (κ3) is 4.22. The van der Waals surface area contributed by atoms with E-state index in [9.17, 15) is 9.59 Å². The highest BCUT2D eigenvalue weighted by Gasteiger charge is 2.13. The minimum atomic E-state index is -1.10. The lowest BCUT2D eigenvalue weighted by Gasteiger charge is -2.13. The van der Waals surface area contributed by atoms with Crippen molar-refractivity contribution in [1.82, 2.24) is 4.72 Å². The van der Waals surface area contributed by atoms with Crippen molar-refractivity contribution in [2.24, 2.45) is 0 Å². The van der Waals surface area contributed by atoms with E-state index in [1.165, 1.54) is 18.0 Å². The van der Waals surface area contributed by atoms with Crippen LogP contribution in [-0.4, -0.2) is 16.9 Å². The summed E-state index contributed by atoms with van der Waals surface area (Å²) in [6, 6.07) is 19.5. The molecule has 0 fully saturated rings. The van der Waals surface area contributed by atoms with Crippen molar-refractivity contribution in [2.75, 3.05) is 0 Å². The summed E-state index contributed by atoms with van der Waals surface area (Å²) in [4.78, 5) is 23.4. The molecule has 0 bridgehead atoms. The molecule has 3 rings (SSSR count). The highest BCUT2D eigenvalue weighted by atomic mass is 32.2. The summed E-state index contributed by atoms with van der Waals surface area (Å²) >= 11 is 1.21. The molecule has 1 heterocycles. The molecular formula is C20H17NO4S. The molecule has 0 aliphatic carbocycles. The van der Waals surface area contributed by atoms with Crippen LogP contribution in [0.4, 0.5) is 0 Å². The quantitative estimate of drug-likeness (QED) is 0.470. The topological polar surface area (TPSA) is 79.5 Å². The Morgan fingerprint density at radius 2 is 1.73 bits per heavy atom. The van der Waals surface area contributed by atoms with Gasteiger partial charge >= 0.3 is 5.97 Å². The van der Waals surface area contributed by atoms with Crippen LogP contribution in [0.3, 0.4) is 0 Å². The molecule has 1 unspecified atom stereocenters. The van der Waals surface area contributed by atoms with E-state index < -0.39 is 5.97 Å². The van der Waals surface area contributed by atoms with Gasteiger partial charge in [0.25, 0.3) is 0 Å². The number of nitrogens with one attached hydrogen (secondary N) is 1. The van der Waals surface area contributed by atoms with Gasteiger partial charge in [0.1, 0.15) is 0 Å². The average molecular weight is 367 g/mol. The highest BCUT2D eigenvalue weighted by Crippen LogP contribution is 2.24. The highest BCUT2D eigenvalue weighted by molar-refractivity contribution is 7.97. The Morgan fingerprint density at radius 1 is 1.00 bits per heavy atom. The first-order valence-corrected chi connectivity index (χ1v) is 8.81. The second-order valence-corrected chi connectivity index (χ2v) is 6.53. The van der Waals surface area contributed by atoms with E-state index in [2.05, 4.69) is 4.72 Å². The molecule has 0 radical (unpaired) electrons. The zero-order valence-electron chi connectivity index (χ0n) is 14.0. The second kappa shape index (κ2) is 8.03. The van der Waals surface area contributed by atoms with Crippen LogP contribution in [0.1, 0.15) is 45.0 Å². The van der Waals surface area contributed by atoms with Gasteiger partial charge in [-0.1, -0.05) is 48.5 Å². The molecule has 5 nitrogen and oxygen atoms in total. The van der Waals surface area contributed by atoms with E-state index >= 15 is 0 Å². The van der Waals surface area contributed by atoms with Gasteiger partial charge in [-0.15, -0.1) is 0 Å². The van der Waals surface area contributed by atoms with Crippen LogP contribution in [0, 0.1) is 0 Å². The lowest BCUT2D eigenvalue weighted by Crippen LogP contribution is -2.11. The number of carbonyl (C=O) groups excluding carboxylic acids is 1. The van der Waals surface area contributed by atoms with Gasteiger partial charge in [0.2, 0.25) is 5.76 Å². The first-order valence-electron chi connectivity index (χ1n) is 8.00. The smallest absolute Gasteiger partial charge is 0.371 e. The van der Waals surface area contributed by atoms with Crippen LogP contribution in [0.5, 0.6) is 0 Å². The van der Waals surface area contributed by atoms with E-state index in [4.69, 9.17) is 9.52 Å². The zero-order chi connectivity index (χ0) is 18.5. The number of carboxylic acids is 1. The molecule has 1 aromatic heterocycles. The van der Waals surface area contributed by atoms with Gasteiger partial charge in [-0.3, -0.25) is 9.52 Å². The van der Waals surface area contributed by atoms with Crippen molar-refractivity contribution >= 4 is 23.7 Å². The van der Waals surface area contributed by atoms with Gasteiger partial charge in [-0.25, -0.2) is 4.79 Å². The first-order chi connectivity index (χ1) is 12.5. The number of aromatic carboxylic acids is 1. The van der Waals surface area contributed by atoms with Crippen molar-refractivity contribution in [2.45, 2.75) is 18.1 Å². The van der Waals surface area contributed by atoms with Crippen LogP contribution >= 0.6 is 11.9 Å². The second-order valence-electron chi connectivity index (χ2n) is 5.69. The normalized spacial score (nSPS) is 11.9. The molecule has 0 amide bonds. The fourth-order valence-corrected chi connectivity index (χ4v) is 3.11. The van der Waals surface area contributed by atoms with Crippen LogP contribution in [-0.2, 0) is 0 Å². The summed E-state index contributed by atoms with van der Waals surface area (Å²) in [5.74, 6) is -1.22. The fourth-order valence-electron chi connectivity index (χ4n) is 2.41. The number of benzene rings is 2. The van der Waals surface area contributed by atoms with Crippen molar-refractivity contribution < 1.29 is 19.1 Å². The predicted molar refractivity (Wildman–Crippen MR) is 99.4 cm³/mol. The SMILES string of the molecule is CC(NSc1ccc(C(=O)O)o1)c1cccc(C(=O)c2ccccc2)c1. The maximum atomic E-state index is 12.6. The zero-order valence-corrected chi connectivity index (χ0v) is 14.8. The lowest BCUT2D eigenvalue weighted by molar-refractivity contribution is 0.0656. The third-order valence-corrected chi connectivity index (χ3v) is 4.71. The number of carboxylic acid groups (broad SMARTS) is 1. The van der Waals surface area contributed by atoms with Gasteiger partial charge < -0.3 is 9.52 Å². The molecular weight excluding hydrogens is 350 g/mol. The van der Waals surface area contributed by atoms with Gasteiger partial charge in [0.15, 0.2) is 10.9 Å². The largest absolute Gasteiger partial charge is 0.475 e. The molecule has 26 heavy (non-hydrogen) atoms. The summed E-state index contributed by atoms with van der Waals surface area (Å²) in [6.45, 7) is 1.96. The molecule has 0 aliphatic heterocycles. The van der Waals surface area contributed by atoms with E-state index in [1.54, 1.807) is 24.3 Å². The molecule has 132 valence electrons. The first kappa shape index (κ1) is 18.0. The number of ketones is 1. The molecule has 6 heteroatoms. The van der Waals surface area contributed by atoms with E-state index in [0.29, 0.717) is 16.2 Å². The maximum absolute atomic E-state index is 12.6. The number of hydrogen-bond acceptors (Lipinski definition) is 5. The Hall–Kier alpha value is -2.83. The molecule has 0 aliphatic rings. The van der Waals surface area contributed by atoms with Crippen molar-refractivity contribution in [3.05, 3.63) is 89.2 Å². The summed E-state index contributed by atoms with van der Waals surface area (Å²) in [7, 11) is 0. The van der Waals surface area contributed by atoms with Crippen LogP contribution in [0.2, 0.25) is 0 Å². The molecule has 2 aromatic carbocycles. The predicted octanol–water partition coefficient (Wildman–Crippen LogP) is 4.57. The minimum absolute atomic E-state index is 0.0237. The van der Waals surface area contributed by atoms with E-state index in [-0.39, 0.29) is 17.6 Å². The van der Waals surface area contributed by atoms with Crippen molar-refractivity contribution in [3.8, 4) is 0 Å². The number of furan rings is 1. The monoisotopic (exact) mass is 367 g/mol. The summed E-state index contributed by atoms with van der Waals surface area (Å²) < 4.78 is 8.39. The van der Waals surface area contributed by atoms with Crippen molar-refractivity contribution in [3.63, 3.8) is 0 Å². The molecule has 0 spiro atoms. The van der Waals surface area contributed by atoms with Gasteiger partial charge in [0.05, 0.1) is 0 Å². The molecule has 1 atom stereocenters. The summed E-state index contributed by atoms with van der Waals surface area (Å²) in [6.07, 6.45) is 0. The number of carbonyl (C=O) groups is 2. The molecule has 0 saturated carbocycles. The average Bonchev–Trinajstić information content (AvgIpc) is 3.16. The third-order valence-electron chi connectivity index (χ3n) is 3.81. The Labute approximate surface area is 155 Å². The lowest BCUT2D eigenvalue weighted by atomic mass is 9.99. The van der Waals surface area contributed by atoms with Gasteiger partial charge in [0, 0.05) is 17.2 Å². The van der Waals surface area contributed by atoms with E-state index in [1.807, 2.05) is 43.3 Å². The van der Waals surface area contributed by atoms with E-state index in [0.717, 1.165) is 5.56 Å². The maximum Gasteiger partial charge on any atom is 0.371 e. The fraction of sp³-hybridized carbons (Fsp3) is 0.100. The van der Waals surface area contributed by atoms with Crippen LogP contribution < -0.4 is 4.72 Å². The number of rotatable bonds is 7. The van der Waals surface area contributed by atoms with Crippen LogP contribution in [0.25, 0.3) is 0 Å². The van der Waals surface area contributed by atoms with Crippen molar-refractivity contribution in [1.29, 1.82) is 0 Å². The molecule has 3 aromatic rings. The Balaban J connectivity index is 1.68. The molecule has 2 N–H and O–H groups in total. The standard InChI is InChI=1S/C20H17NO4S/c1-13(21-26-18-11-10-17(25-18)20(23)24)15-8-5-9-16(12-15)19(22)14-6-3-2-4-7-14/h2-13,21H,1H3,(H,23,24). The van der Waals surface area contributed by atoms with Gasteiger partial charge in [-0.05, 0) is 42.6 Å². The van der Waals surface area contributed by atoms with Crippen LogP contribution in [0.15, 0.2) is 76.2 Å². The minimum Gasteiger partial charge on any atom is -0.475 e. The Kier molecular flexibility index (Phi) is 5.55. The summed E-state index contributed by atoms with van der Waals surface area (Å²) in [5.41, 5.74) is 2.22. The molecule has 0 saturated heterocycles.